The molecule has 158 valence electrons. The van der Waals surface area contributed by atoms with E-state index >= 15 is 0 Å². The van der Waals surface area contributed by atoms with E-state index in [0.717, 1.165) is 35.4 Å². The lowest BCUT2D eigenvalue weighted by molar-refractivity contribution is -0.116. The maximum absolute atomic E-state index is 13.2. The Morgan fingerprint density at radius 1 is 1.10 bits per heavy atom. The van der Waals surface area contributed by atoms with Crippen molar-refractivity contribution in [1.82, 2.24) is 0 Å². The number of Topliss-reactive ketones (excluding diaryl/α,β-unsaturated/α-hetero) is 1. The molecule has 31 heavy (non-hydrogen) atoms. The van der Waals surface area contributed by atoms with Crippen LogP contribution in [-0.4, -0.2) is 20.0 Å². The Hall–Kier alpha value is -3.72. The summed E-state index contributed by atoms with van der Waals surface area (Å²) in [6.45, 7) is 2.01. The lowest BCUT2D eigenvalue weighted by Crippen LogP contribution is -2.38. The number of ketones is 1. The van der Waals surface area contributed by atoms with Crippen LogP contribution in [0.3, 0.4) is 0 Å². The molecule has 1 heterocycles. The zero-order valence-electron chi connectivity index (χ0n) is 17.9. The molecule has 0 amide bonds. The van der Waals surface area contributed by atoms with Crippen molar-refractivity contribution in [1.29, 1.82) is 5.26 Å². The highest BCUT2D eigenvalue weighted by Crippen LogP contribution is 2.47. The number of carbonyl (C=O) groups is 1. The Bertz CT molecular complexity index is 1160. The second-order valence-corrected chi connectivity index (χ2v) is 7.77. The van der Waals surface area contributed by atoms with Gasteiger partial charge in [-0.1, -0.05) is 18.2 Å². The summed E-state index contributed by atoms with van der Waals surface area (Å²) in [5, 5.41) is 10.1. The van der Waals surface area contributed by atoms with Gasteiger partial charge in [0, 0.05) is 23.4 Å². The molecule has 6 heteroatoms. The standard InChI is InChI=1S/C25H25N3O3/c1-15-6-4-7-17(12-15)28-19-8-5-9-20(29)24(19)23(18(14-26)25(28)27)16-10-11-21(30-2)22(13-16)31-3/h4,6-7,10-13,23H,5,8-9,27H2,1-3H3/t23-/m0/s1. The van der Waals surface area contributed by atoms with Gasteiger partial charge in [-0.3, -0.25) is 9.69 Å². The number of nitrogens with two attached hydrogens (primary N) is 1. The quantitative estimate of drug-likeness (QED) is 0.800. The maximum Gasteiger partial charge on any atom is 0.161 e. The van der Waals surface area contributed by atoms with E-state index in [9.17, 15) is 10.1 Å². The highest BCUT2D eigenvalue weighted by atomic mass is 16.5. The third-order valence-corrected chi connectivity index (χ3v) is 5.91. The molecule has 1 atom stereocenters. The van der Waals surface area contributed by atoms with Gasteiger partial charge in [-0.05, 0) is 55.2 Å². The first kappa shape index (κ1) is 20.5. The smallest absolute Gasteiger partial charge is 0.161 e. The van der Waals surface area contributed by atoms with Crippen LogP contribution in [0, 0.1) is 18.3 Å². The number of carbonyl (C=O) groups excluding carboxylic acids is 1. The molecule has 0 radical (unpaired) electrons. The number of ether oxygens (including phenoxy) is 2. The van der Waals surface area contributed by atoms with Gasteiger partial charge in [0.15, 0.2) is 17.3 Å². The number of rotatable bonds is 4. The molecule has 0 aromatic heterocycles. The minimum Gasteiger partial charge on any atom is -0.493 e. The Morgan fingerprint density at radius 2 is 1.87 bits per heavy atom. The van der Waals surface area contributed by atoms with Crippen LogP contribution in [-0.2, 0) is 4.79 Å². The predicted octanol–water partition coefficient (Wildman–Crippen LogP) is 4.32. The number of nitrogens with zero attached hydrogens (tertiary/aromatic N) is 2. The molecular formula is C25H25N3O3. The van der Waals surface area contributed by atoms with E-state index < -0.39 is 5.92 Å². The van der Waals surface area contributed by atoms with Crippen LogP contribution in [0.2, 0.25) is 0 Å². The summed E-state index contributed by atoms with van der Waals surface area (Å²) in [6.07, 6.45) is 1.94. The van der Waals surface area contributed by atoms with E-state index in [1.165, 1.54) is 0 Å². The fourth-order valence-electron chi connectivity index (χ4n) is 4.51. The van der Waals surface area contributed by atoms with Crippen LogP contribution in [0.1, 0.15) is 36.3 Å². The minimum absolute atomic E-state index is 0.0546. The van der Waals surface area contributed by atoms with Crippen molar-refractivity contribution >= 4 is 11.5 Å². The van der Waals surface area contributed by atoms with E-state index in [4.69, 9.17) is 15.2 Å². The van der Waals surface area contributed by atoms with E-state index in [-0.39, 0.29) is 5.78 Å². The third kappa shape index (κ3) is 3.42. The summed E-state index contributed by atoms with van der Waals surface area (Å²) in [6, 6.07) is 15.7. The van der Waals surface area contributed by atoms with Crippen molar-refractivity contribution in [3.8, 4) is 17.6 Å². The van der Waals surface area contributed by atoms with Crippen molar-refractivity contribution < 1.29 is 14.3 Å². The third-order valence-electron chi connectivity index (χ3n) is 5.91. The number of allylic oxidation sites excluding steroid dienone is 3. The Morgan fingerprint density at radius 3 is 2.55 bits per heavy atom. The summed E-state index contributed by atoms with van der Waals surface area (Å²) >= 11 is 0. The predicted molar refractivity (Wildman–Crippen MR) is 119 cm³/mol. The number of hydrogen-bond donors (Lipinski definition) is 1. The van der Waals surface area contributed by atoms with Crippen LogP contribution >= 0.6 is 0 Å². The Labute approximate surface area is 182 Å². The molecule has 0 saturated carbocycles. The number of aryl methyl sites for hydroxylation is 1. The molecule has 0 spiro atoms. The second-order valence-electron chi connectivity index (χ2n) is 7.77. The van der Waals surface area contributed by atoms with E-state index in [1.54, 1.807) is 20.3 Å². The molecule has 0 unspecified atom stereocenters. The summed E-state index contributed by atoms with van der Waals surface area (Å²) < 4.78 is 10.8. The molecule has 2 aromatic carbocycles. The molecule has 6 nitrogen and oxygen atoms in total. The number of nitriles is 1. The van der Waals surface area contributed by atoms with E-state index in [2.05, 4.69) is 6.07 Å². The summed E-state index contributed by atoms with van der Waals surface area (Å²) in [4.78, 5) is 15.1. The Kier molecular flexibility index (Phi) is 5.43. The molecule has 2 aromatic rings. The summed E-state index contributed by atoms with van der Waals surface area (Å²) in [5.41, 5.74) is 11.2. The number of methoxy groups -OCH3 is 2. The molecule has 2 N–H and O–H groups in total. The fourth-order valence-corrected chi connectivity index (χ4v) is 4.51. The lowest BCUT2D eigenvalue weighted by Gasteiger charge is -2.39. The van der Waals surface area contributed by atoms with Gasteiger partial charge in [0.2, 0.25) is 0 Å². The average Bonchev–Trinajstić information content (AvgIpc) is 2.78. The van der Waals surface area contributed by atoms with Crippen LogP contribution in [0.4, 0.5) is 5.69 Å². The van der Waals surface area contributed by atoms with E-state index in [0.29, 0.717) is 34.9 Å². The normalized spacial score (nSPS) is 18.6. The van der Waals surface area contributed by atoms with Crippen molar-refractivity contribution in [2.24, 2.45) is 5.73 Å². The second kappa shape index (κ2) is 8.19. The molecule has 0 fully saturated rings. The van der Waals surface area contributed by atoms with Crippen molar-refractivity contribution in [2.75, 3.05) is 19.1 Å². The van der Waals surface area contributed by atoms with Crippen molar-refractivity contribution in [2.45, 2.75) is 32.1 Å². The lowest BCUT2D eigenvalue weighted by atomic mass is 9.75. The molecule has 2 aliphatic rings. The molecule has 1 aliphatic carbocycles. The highest BCUT2D eigenvalue weighted by molar-refractivity contribution is 6.01. The summed E-state index contributed by atoms with van der Waals surface area (Å²) in [5.74, 6) is 1.01. The zero-order valence-corrected chi connectivity index (χ0v) is 17.9. The average molecular weight is 415 g/mol. The highest BCUT2D eigenvalue weighted by Gasteiger charge is 2.40. The van der Waals surface area contributed by atoms with Gasteiger partial charge in [-0.15, -0.1) is 0 Å². The first-order valence-corrected chi connectivity index (χ1v) is 10.2. The van der Waals surface area contributed by atoms with Gasteiger partial charge in [0.05, 0.1) is 31.8 Å². The van der Waals surface area contributed by atoms with Crippen molar-refractivity contribution in [3.63, 3.8) is 0 Å². The summed E-state index contributed by atoms with van der Waals surface area (Å²) in [7, 11) is 3.13. The molecule has 1 aliphatic heterocycles. The Balaban J connectivity index is 1.96. The van der Waals surface area contributed by atoms with Gasteiger partial charge in [-0.2, -0.15) is 5.26 Å². The van der Waals surface area contributed by atoms with Gasteiger partial charge in [0.1, 0.15) is 5.82 Å². The van der Waals surface area contributed by atoms with Gasteiger partial charge in [-0.25, -0.2) is 0 Å². The van der Waals surface area contributed by atoms with Crippen LogP contribution in [0.5, 0.6) is 11.5 Å². The first-order valence-electron chi connectivity index (χ1n) is 10.2. The van der Waals surface area contributed by atoms with Crippen LogP contribution in [0.25, 0.3) is 0 Å². The fraction of sp³-hybridized carbons (Fsp3) is 0.280. The minimum atomic E-state index is -0.534. The SMILES string of the molecule is COc1ccc([C@H]2C(C#N)=C(N)N(c3cccc(C)c3)C3=C2C(=O)CCC3)cc1OC. The number of anilines is 1. The molecule has 0 saturated heterocycles. The van der Waals surface area contributed by atoms with Gasteiger partial charge < -0.3 is 15.2 Å². The number of hydrogen-bond acceptors (Lipinski definition) is 6. The van der Waals surface area contributed by atoms with Crippen molar-refractivity contribution in [3.05, 3.63) is 76.3 Å². The van der Waals surface area contributed by atoms with Gasteiger partial charge >= 0.3 is 0 Å². The zero-order chi connectivity index (χ0) is 22.1. The molecular weight excluding hydrogens is 390 g/mol. The van der Waals surface area contributed by atoms with Gasteiger partial charge in [0.25, 0.3) is 0 Å². The number of benzene rings is 2. The maximum atomic E-state index is 13.2. The molecule has 0 bridgehead atoms. The largest absolute Gasteiger partial charge is 0.493 e. The topological polar surface area (TPSA) is 88.6 Å². The van der Waals surface area contributed by atoms with E-state index in [1.807, 2.05) is 48.2 Å². The van der Waals surface area contributed by atoms with Crippen LogP contribution in [0.15, 0.2) is 65.1 Å². The molecule has 4 rings (SSSR count). The monoisotopic (exact) mass is 415 g/mol. The van der Waals surface area contributed by atoms with Crippen LogP contribution < -0.4 is 20.1 Å². The first-order chi connectivity index (χ1) is 15.0.